The quantitative estimate of drug-likeness (QED) is 0.891. The Labute approximate surface area is 97.7 Å². The Balaban J connectivity index is 1.98. The molecule has 2 heterocycles. The second kappa shape index (κ2) is 4.68. The van der Waals surface area contributed by atoms with Gasteiger partial charge in [0.2, 0.25) is 5.95 Å². The van der Waals surface area contributed by atoms with E-state index in [1.165, 1.54) is 4.88 Å². The molecule has 0 atom stereocenters. The highest BCUT2D eigenvalue weighted by Gasteiger charge is 2.01. The van der Waals surface area contributed by atoms with Gasteiger partial charge < -0.3 is 9.88 Å². The van der Waals surface area contributed by atoms with Crippen molar-refractivity contribution < 1.29 is 0 Å². The summed E-state index contributed by atoms with van der Waals surface area (Å²) in [5.74, 6) is 0.905. The van der Waals surface area contributed by atoms with Crippen LogP contribution in [0, 0.1) is 0 Å². The van der Waals surface area contributed by atoms with E-state index in [-0.39, 0.29) is 0 Å². The Hall–Kier alpha value is -1.000. The predicted molar refractivity (Wildman–Crippen MR) is 64.6 cm³/mol. The predicted octanol–water partition coefficient (Wildman–Crippen LogP) is 3.23. The normalized spacial score (nSPS) is 10.5. The van der Waals surface area contributed by atoms with E-state index in [0.717, 1.165) is 23.4 Å². The Morgan fingerprint density at radius 1 is 1.53 bits per heavy atom. The molecule has 2 aromatic heterocycles. The van der Waals surface area contributed by atoms with Crippen molar-refractivity contribution >= 4 is 28.9 Å². The first-order chi connectivity index (χ1) is 7.29. The second-order valence-electron chi connectivity index (χ2n) is 3.10. The van der Waals surface area contributed by atoms with Crippen molar-refractivity contribution in [3.63, 3.8) is 0 Å². The van der Waals surface area contributed by atoms with Gasteiger partial charge in [-0.25, -0.2) is 4.98 Å². The SMILES string of the molecule is CCn1ccnc1NCc1ccc(Cl)s1. The van der Waals surface area contributed by atoms with Crippen molar-refractivity contribution in [1.29, 1.82) is 0 Å². The average Bonchev–Trinajstić information content (AvgIpc) is 2.83. The van der Waals surface area contributed by atoms with Crippen molar-refractivity contribution in [3.05, 3.63) is 33.7 Å². The lowest BCUT2D eigenvalue weighted by Gasteiger charge is -2.05. The number of nitrogens with zero attached hydrogens (tertiary/aromatic N) is 2. The molecule has 15 heavy (non-hydrogen) atoms. The van der Waals surface area contributed by atoms with Gasteiger partial charge in [-0.2, -0.15) is 0 Å². The first-order valence-electron chi connectivity index (χ1n) is 4.79. The van der Waals surface area contributed by atoms with E-state index in [1.54, 1.807) is 17.5 Å². The number of hydrogen-bond donors (Lipinski definition) is 1. The molecule has 1 N–H and O–H groups in total. The van der Waals surface area contributed by atoms with E-state index in [2.05, 4.69) is 21.8 Å². The maximum atomic E-state index is 5.85. The lowest BCUT2D eigenvalue weighted by Crippen LogP contribution is -2.05. The van der Waals surface area contributed by atoms with Crippen molar-refractivity contribution in [2.75, 3.05) is 5.32 Å². The van der Waals surface area contributed by atoms with Crippen LogP contribution in [-0.4, -0.2) is 9.55 Å². The number of aryl methyl sites for hydroxylation is 1. The van der Waals surface area contributed by atoms with Crippen LogP contribution in [0.1, 0.15) is 11.8 Å². The minimum atomic E-state index is 0.772. The molecule has 0 aromatic carbocycles. The first kappa shape index (κ1) is 10.5. The van der Waals surface area contributed by atoms with Crippen molar-refractivity contribution in [2.24, 2.45) is 0 Å². The first-order valence-corrected chi connectivity index (χ1v) is 5.98. The van der Waals surface area contributed by atoms with Crippen LogP contribution in [0.2, 0.25) is 4.34 Å². The van der Waals surface area contributed by atoms with Crippen molar-refractivity contribution in [1.82, 2.24) is 9.55 Å². The number of rotatable bonds is 4. The van der Waals surface area contributed by atoms with E-state index in [0.29, 0.717) is 0 Å². The fourth-order valence-electron chi connectivity index (χ4n) is 1.34. The topological polar surface area (TPSA) is 29.9 Å². The van der Waals surface area contributed by atoms with Gasteiger partial charge in [-0.05, 0) is 19.1 Å². The maximum absolute atomic E-state index is 5.85. The van der Waals surface area contributed by atoms with Crippen LogP contribution in [0.15, 0.2) is 24.5 Å². The van der Waals surface area contributed by atoms with Gasteiger partial charge in [0.25, 0.3) is 0 Å². The van der Waals surface area contributed by atoms with Gasteiger partial charge >= 0.3 is 0 Å². The molecule has 80 valence electrons. The van der Waals surface area contributed by atoms with Crippen LogP contribution < -0.4 is 5.32 Å². The number of imidazole rings is 1. The summed E-state index contributed by atoms with van der Waals surface area (Å²) in [5, 5.41) is 3.28. The third-order valence-corrected chi connectivity index (χ3v) is 3.34. The Morgan fingerprint density at radius 3 is 3.07 bits per heavy atom. The molecule has 0 radical (unpaired) electrons. The number of nitrogens with one attached hydrogen (secondary N) is 1. The van der Waals surface area contributed by atoms with Crippen LogP contribution >= 0.6 is 22.9 Å². The summed E-state index contributed by atoms with van der Waals surface area (Å²) in [4.78, 5) is 5.45. The van der Waals surface area contributed by atoms with Gasteiger partial charge in [-0.15, -0.1) is 11.3 Å². The zero-order valence-electron chi connectivity index (χ0n) is 8.40. The minimum absolute atomic E-state index is 0.772. The van der Waals surface area contributed by atoms with Gasteiger partial charge in [0.05, 0.1) is 10.9 Å². The maximum Gasteiger partial charge on any atom is 0.203 e. The summed E-state index contributed by atoms with van der Waals surface area (Å²) in [6.45, 7) is 3.79. The highest BCUT2D eigenvalue weighted by Crippen LogP contribution is 2.22. The summed E-state index contributed by atoms with van der Waals surface area (Å²) in [6.07, 6.45) is 3.76. The van der Waals surface area contributed by atoms with Crippen LogP contribution in [0.25, 0.3) is 0 Å². The molecule has 0 amide bonds. The average molecular weight is 242 g/mol. The second-order valence-corrected chi connectivity index (χ2v) is 4.90. The van der Waals surface area contributed by atoms with Crippen LogP contribution in [0.3, 0.4) is 0 Å². The molecule has 0 aliphatic heterocycles. The zero-order chi connectivity index (χ0) is 10.7. The standard InChI is InChI=1S/C10H12ClN3S/c1-2-14-6-5-12-10(14)13-7-8-3-4-9(11)15-8/h3-6H,2,7H2,1H3,(H,12,13). The minimum Gasteiger partial charge on any atom is -0.351 e. The highest BCUT2D eigenvalue weighted by molar-refractivity contribution is 7.16. The van der Waals surface area contributed by atoms with Crippen LogP contribution in [0.4, 0.5) is 5.95 Å². The van der Waals surface area contributed by atoms with Crippen LogP contribution in [-0.2, 0) is 13.1 Å². The smallest absolute Gasteiger partial charge is 0.203 e. The van der Waals surface area contributed by atoms with E-state index >= 15 is 0 Å². The molecule has 0 unspecified atom stereocenters. The summed E-state index contributed by atoms with van der Waals surface area (Å²) >= 11 is 7.44. The number of hydrogen-bond acceptors (Lipinski definition) is 3. The molecule has 3 nitrogen and oxygen atoms in total. The Morgan fingerprint density at radius 2 is 2.40 bits per heavy atom. The molecular formula is C10H12ClN3S. The monoisotopic (exact) mass is 241 g/mol. The zero-order valence-corrected chi connectivity index (χ0v) is 9.98. The van der Waals surface area contributed by atoms with Gasteiger partial charge in [0.1, 0.15) is 0 Å². The summed E-state index contributed by atoms with van der Waals surface area (Å²) < 4.78 is 2.89. The van der Waals surface area contributed by atoms with E-state index < -0.39 is 0 Å². The lowest BCUT2D eigenvalue weighted by molar-refractivity contribution is 0.764. The van der Waals surface area contributed by atoms with E-state index in [4.69, 9.17) is 11.6 Å². The molecule has 2 rings (SSSR count). The molecule has 2 aromatic rings. The third kappa shape index (κ3) is 2.52. The van der Waals surface area contributed by atoms with Gasteiger partial charge in [0, 0.05) is 23.8 Å². The number of halogens is 1. The molecule has 0 bridgehead atoms. The fraction of sp³-hybridized carbons (Fsp3) is 0.300. The Kier molecular flexibility index (Phi) is 3.28. The number of aromatic nitrogens is 2. The van der Waals surface area contributed by atoms with Crippen molar-refractivity contribution in [2.45, 2.75) is 20.0 Å². The molecule has 5 heteroatoms. The van der Waals surface area contributed by atoms with Gasteiger partial charge in [-0.3, -0.25) is 0 Å². The molecule has 0 fully saturated rings. The van der Waals surface area contributed by atoms with Crippen LogP contribution in [0.5, 0.6) is 0 Å². The molecule has 0 saturated carbocycles. The van der Waals surface area contributed by atoms with Crippen molar-refractivity contribution in [3.8, 4) is 0 Å². The molecule has 0 aliphatic rings. The van der Waals surface area contributed by atoms with Gasteiger partial charge in [0.15, 0.2) is 0 Å². The lowest BCUT2D eigenvalue weighted by atomic mass is 10.5. The van der Waals surface area contributed by atoms with Gasteiger partial charge in [-0.1, -0.05) is 11.6 Å². The summed E-state index contributed by atoms with van der Waals surface area (Å²) in [7, 11) is 0. The number of thiophene rings is 1. The Bertz CT molecular complexity index is 435. The fourth-order valence-corrected chi connectivity index (χ4v) is 2.37. The van der Waals surface area contributed by atoms with E-state index in [9.17, 15) is 0 Å². The highest BCUT2D eigenvalue weighted by atomic mass is 35.5. The molecule has 0 spiro atoms. The largest absolute Gasteiger partial charge is 0.351 e. The summed E-state index contributed by atoms with van der Waals surface area (Å²) in [6, 6.07) is 3.94. The number of anilines is 1. The third-order valence-electron chi connectivity index (χ3n) is 2.11. The molecule has 0 saturated heterocycles. The summed E-state index contributed by atoms with van der Waals surface area (Å²) in [5.41, 5.74) is 0. The molecular weight excluding hydrogens is 230 g/mol. The molecule has 0 aliphatic carbocycles. The van der Waals surface area contributed by atoms with E-state index in [1.807, 2.05) is 18.3 Å².